The van der Waals surface area contributed by atoms with E-state index in [0.29, 0.717) is 0 Å². The number of rotatable bonds is 1. The maximum absolute atomic E-state index is 9.27. The fourth-order valence-corrected chi connectivity index (χ4v) is 1.40. The van der Waals surface area contributed by atoms with Crippen molar-refractivity contribution < 1.29 is 22.0 Å². The first-order chi connectivity index (χ1) is 5.01. The monoisotopic (exact) mass is 194 g/mol. The number of likely N-dealkylation sites (N-methyl/N-ethyl adjacent to an activating group) is 1. The highest BCUT2D eigenvalue weighted by atomic mass is 35.5. The largest absolute Gasteiger partial charge is 1.00 e. The van der Waals surface area contributed by atoms with E-state index < -0.39 is 0 Å². The maximum atomic E-state index is 9.27. The summed E-state index contributed by atoms with van der Waals surface area (Å²) >= 11 is 0. The van der Waals surface area contributed by atoms with Gasteiger partial charge in [0.25, 0.3) is 0 Å². The summed E-state index contributed by atoms with van der Waals surface area (Å²) in [5, 5.41) is 9.27. The zero-order chi connectivity index (χ0) is 8.48. The maximum Gasteiger partial charge on any atom is 0.104 e. The lowest BCUT2D eigenvalue weighted by Crippen LogP contribution is -3.00. The highest BCUT2D eigenvalue weighted by molar-refractivity contribution is 4.62. The molecule has 0 radical (unpaired) electrons. The van der Waals surface area contributed by atoms with E-state index in [0.717, 1.165) is 30.7 Å². The van der Waals surface area contributed by atoms with Crippen molar-refractivity contribution in [3.8, 4) is 0 Å². The van der Waals surface area contributed by atoms with E-state index >= 15 is 0 Å². The number of piperazine rings is 1. The van der Waals surface area contributed by atoms with Crippen molar-refractivity contribution in [1.82, 2.24) is 4.90 Å². The lowest BCUT2D eigenvalue weighted by atomic mass is 10.3. The van der Waals surface area contributed by atoms with Gasteiger partial charge >= 0.3 is 0 Å². The van der Waals surface area contributed by atoms with Crippen LogP contribution in [0.2, 0.25) is 0 Å². The number of quaternary nitrogens is 1. The van der Waals surface area contributed by atoms with E-state index in [1.54, 1.807) is 0 Å². The smallest absolute Gasteiger partial charge is 0.104 e. The molecule has 1 N–H and O–H groups in total. The Morgan fingerprint density at radius 3 is 2.00 bits per heavy atom. The molecule has 1 atom stereocenters. The van der Waals surface area contributed by atoms with Gasteiger partial charge in [-0.1, -0.05) is 0 Å². The molecule has 1 fully saturated rings. The minimum absolute atomic E-state index is 0. The zero-order valence-electron chi connectivity index (χ0n) is 8.13. The number of aliphatic hydroxyl groups excluding tert-OH is 1. The second-order valence-corrected chi connectivity index (χ2v) is 4.05. The molecule has 0 aromatic carbocycles. The topological polar surface area (TPSA) is 23.5 Å². The Balaban J connectivity index is 0.00000121. The quantitative estimate of drug-likeness (QED) is 0.443. The normalized spacial score (nSPS) is 26.0. The van der Waals surface area contributed by atoms with Crippen molar-refractivity contribution in [1.29, 1.82) is 0 Å². The van der Waals surface area contributed by atoms with Crippen LogP contribution >= 0.6 is 0 Å². The van der Waals surface area contributed by atoms with Crippen molar-refractivity contribution in [3.63, 3.8) is 0 Å². The Hall–Kier alpha value is 0.170. The summed E-state index contributed by atoms with van der Waals surface area (Å²) in [4.78, 5) is 2.11. The van der Waals surface area contributed by atoms with Crippen molar-refractivity contribution in [3.05, 3.63) is 0 Å². The van der Waals surface area contributed by atoms with Gasteiger partial charge in [0.2, 0.25) is 0 Å². The van der Waals surface area contributed by atoms with Gasteiger partial charge in [-0.3, -0.25) is 4.90 Å². The first kappa shape index (κ1) is 12.2. The lowest BCUT2D eigenvalue weighted by molar-refractivity contribution is -0.895. The Labute approximate surface area is 81.0 Å². The van der Waals surface area contributed by atoms with Crippen LogP contribution in [-0.4, -0.2) is 61.0 Å². The molecule has 1 heterocycles. The van der Waals surface area contributed by atoms with Crippen LogP contribution < -0.4 is 12.4 Å². The average Bonchev–Trinajstić information content (AvgIpc) is 1.86. The number of nitrogens with zero attached hydrogens (tertiary/aromatic N) is 2. The minimum atomic E-state index is -0.268. The lowest BCUT2D eigenvalue weighted by Gasteiger charge is -2.40. The summed E-state index contributed by atoms with van der Waals surface area (Å²) in [5.74, 6) is 0. The Morgan fingerprint density at radius 2 is 1.67 bits per heavy atom. The molecule has 1 aliphatic rings. The van der Waals surface area contributed by atoms with Crippen molar-refractivity contribution in [2.24, 2.45) is 0 Å². The van der Waals surface area contributed by atoms with Gasteiger partial charge in [0.15, 0.2) is 0 Å². The molecule has 0 saturated carbocycles. The fourth-order valence-electron chi connectivity index (χ4n) is 1.40. The van der Waals surface area contributed by atoms with Gasteiger partial charge in [0.1, 0.15) is 6.23 Å². The van der Waals surface area contributed by atoms with Gasteiger partial charge in [0.05, 0.1) is 40.3 Å². The third kappa shape index (κ3) is 3.27. The SMILES string of the molecule is CC(O)N1CC[N+](C)(C)CC1.[Cl-]. The first-order valence-electron chi connectivity index (χ1n) is 4.25. The summed E-state index contributed by atoms with van der Waals surface area (Å²) < 4.78 is 1.09. The van der Waals surface area contributed by atoms with Crippen molar-refractivity contribution in [2.45, 2.75) is 13.2 Å². The summed E-state index contributed by atoms with van der Waals surface area (Å²) in [6.07, 6.45) is -0.268. The van der Waals surface area contributed by atoms with E-state index in [1.165, 1.54) is 0 Å². The molecule has 0 aromatic heterocycles. The molecule has 0 aliphatic carbocycles. The molecule has 0 amide bonds. The highest BCUT2D eigenvalue weighted by Gasteiger charge is 2.25. The van der Waals surface area contributed by atoms with Gasteiger partial charge in [0, 0.05) is 0 Å². The molecule has 1 rings (SSSR count). The highest BCUT2D eigenvalue weighted by Crippen LogP contribution is 2.07. The molecule has 0 aromatic rings. The fraction of sp³-hybridized carbons (Fsp3) is 1.00. The molecule has 1 aliphatic heterocycles. The molecule has 1 saturated heterocycles. The molecule has 0 bridgehead atoms. The van der Waals surface area contributed by atoms with E-state index in [1.807, 2.05) is 6.92 Å². The Bertz CT molecular complexity index is 129. The molecule has 0 spiro atoms. The zero-order valence-corrected chi connectivity index (χ0v) is 8.88. The first-order valence-corrected chi connectivity index (χ1v) is 4.25. The van der Waals surface area contributed by atoms with Crippen LogP contribution in [0.25, 0.3) is 0 Å². The van der Waals surface area contributed by atoms with Crippen LogP contribution in [0.3, 0.4) is 0 Å². The third-order valence-corrected chi connectivity index (χ3v) is 2.51. The second-order valence-electron chi connectivity index (χ2n) is 4.05. The summed E-state index contributed by atoms with van der Waals surface area (Å²) in [7, 11) is 4.47. The van der Waals surface area contributed by atoms with Gasteiger partial charge in [-0.15, -0.1) is 0 Å². The van der Waals surface area contributed by atoms with Crippen LogP contribution in [0.4, 0.5) is 0 Å². The predicted molar refractivity (Wildman–Crippen MR) is 45.1 cm³/mol. The predicted octanol–water partition coefficient (Wildman–Crippen LogP) is -3.28. The number of halogens is 1. The van der Waals surface area contributed by atoms with Crippen LogP contribution in [0.1, 0.15) is 6.92 Å². The average molecular weight is 195 g/mol. The second kappa shape index (κ2) is 4.42. The van der Waals surface area contributed by atoms with Gasteiger partial charge in [-0.2, -0.15) is 0 Å². The number of hydrogen-bond acceptors (Lipinski definition) is 2. The van der Waals surface area contributed by atoms with Crippen LogP contribution in [0.15, 0.2) is 0 Å². The van der Waals surface area contributed by atoms with Crippen molar-refractivity contribution >= 4 is 0 Å². The van der Waals surface area contributed by atoms with Gasteiger partial charge in [-0.05, 0) is 6.92 Å². The molecular formula is C8H19ClN2O. The van der Waals surface area contributed by atoms with Gasteiger partial charge < -0.3 is 22.0 Å². The van der Waals surface area contributed by atoms with E-state index in [9.17, 15) is 5.11 Å². The van der Waals surface area contributed by atoms with Crippen LogP contribution in [0.5, 0.6) is 0 Å². The molecule has 12 heavy (non-hydrogen) atoms. The summed E-state index contributed by atoms with van der Waals surface area (Å²) in [5.41, 5.74) is 0. The molecular weight excluding hydrogens is 176 g/mol. The summed E-state index contributed by atoms with van der Waals surface area (Å²) in [6, 6.07) is 0. The summed E-state index contributed by atoms with van der Waals surface area (Å²) in [6.45, 7) is 6.16. The molecule has 4 heteroatoms. The van der Waals surface area contributed by atoms with E-state index in [-0.39, 0.29) is 18.6 Å². The molecule has 74 valence electrons. The van der Waals surface area contributed by atoms with Gasteiger partial charge in [-0.25, -0.2) is 0 Å². The van der Waals surface area contributed by atoms with Crippen LogP contribution in [-0.2, 0) is 0 Å². The number of hydrogen-bond donors (Lipinski definition) is 1. The van der Waals surface area contributed by atoms with Crippen LogP contribution in [0, 0.1) is 0 Å². The minimum Gasteiger partial charge on any atom is -1.00 e. The van der Waals surface area contributed by atoms with E-state index in [2.05, 4.69) is 19.0 Å². The molecule has 1 unspecified atom stereocenters. The van der Waals surface area contributed by atoms with Crippen molar-refractivity contribution in [2.75, 3.05) is 40.3 Å². The Kier molecular flexibility index (Phi) is 4.48. The standard InChI is InChI=1S/C8H19N2O.ClH/c1-8(11)9-4-6-10(2,3)7-5-9;/h8,11H,4-7H2,1-3H3;1H/q+1;/p-1. The van der Waals surface area contributed by atoms with E-state index in [4.69, 9.17) is 0 Å². The third-order valence-electron chi connectivity index (χ3n) is 2.51. The molecule has 3 nitrogen and oxygen atoms in total. The Morgan fingerprint density at radius 1 is 1.25 bits per heavy atom. The number of aliphatic hydroxyl groups is 1.